The Morgan fingerprint density at radius 2 is 1.79 bits per heavy atom. The molecule has 0 aliphatic carbocycles. The van der Waals surface area contributed by atoms with Crippen molar-refractivity contribution in [1.82, 2.24) is 10.6 Å². The molecule has 1 heterocycles. The number of rotatable bonds is 6. The zero-order valence-electron chi connectivity index (χ0n) is 17.8. The van der Waals surface area contributed by atoms with Gasteiger partial charge in [0.1, 0.15) is 11.8 Å². The number of amides is 3. The molecule has 0 bridgehead atoms. The van der Waals surface area contributed by atoms with Crippen LogP contribution in [0.15, 0.2) is 24.3 Å². The third-order valence-corrected chi connectivity index (χ3v) is 5.10. The molecular formula is C20H22F5N3O5. The van der Waals surface area contributed by atoms with Crippen LogP contribution in [0.4, 0.5) is 32.4 Å². The Labute approximate surface area is 185 Å². The molecule has 2 rings (SSSR count). The number of alkyl carbamates (subject to hydrolysis) is 1. The van der Waals surface area contributed by atoms with Crippen LogP contribution in [0.5, 0.6) is 0 Å². The maximum absolute atomic E-state index is 12.9. The van der Waals surface area contributed by atoms with Crippen LogP contribution in [0.25, 0.3) is 0 Å². The van der Waals surface area contributed by atoms with Gasteiger partial charge in [0.25, 0.3) is 5.91 Å². The third kappa shape index (κ3) is 5.96. The number of alkyl halides is 5. The number of fused-ring (bicyclic) bond motifs is 1. The smallest absolute Gasteiger partial charge is 0.436 e. The molecule has 0 aromatic heterocycles. The van der Waals surface area contributed by atoms with Crippen LogP contribution in [0.3, 0.4) is 0 Å². The molecule has 0 fully saturated rings. The Kier molecular flexibility index (Phi) is 7.65. The van der Waals surface area contributed by atoms with Crippen LogP contribution >= 0.6 is 0 Å². The highest BCUT2D eigenvalue weighted by Crippen LogP contribution is 2.35. The molecular weight excluding hydrogens is 457 g/mol. The van der Waals surface area contributed by atoms with E-state index < -0.39 is 54.6 Å². The zero-order valence-corrected chi connectivity index (χ0v) is 17.8. The van der Waals surface area contributed by atoms with Crippen molar-refractivity contribution >= 4 is 29.4 Å². The van der Waals surface area contributed by atoms with E-state index >= 15 is 0 Å². The van der Waals surface area contributed by atoms with Crippen LogP contribution in [0, 0.1) is 0 Å². The lowest BCUT2D eigenvalue weighted by atomic mass is 9.89. The highest BCUT2D eigenvalue weighted by molar-refractivity contribution is 6.02. The number of nitrogens with zero attached hydrogens (tertiary/aromatic N) is 1. The highest BCUT2D eigenvalue weighted by atomic mass is 19.4. The predicted octanol–water partition coefficient (Wildman–Crippen LogP) is 2.52. The van der Waals surface area contributed by atoms with Gasteiger partial charge in [-0.05, 0) is 31.9 Å². The van der Waals surface area contributed by atoms with Crippen molar-refractivity contribution in [3.8, 4) is 0 Å². The molecule has 0 radical (unpaired) electrons. The van der Waals surface area contributed by atoms with E-state index in [0.29, 0.717) is 11.3 Å². The first-order chi connectivity index (χ1) is 15.2. The normalized spacial score (nSPS) is 19.8. The van der Waals surface area contributed by atoms with E-state index in [1.165, 1.54) is 24.2 Å². The fourth-order valence-corrected chi connectivity index (χ4v) is 3.24. The SMILES string of the molecule is CC(=O)C1C[C@H](NC(=O)[C@H](C)OC(=O)NCC(F)(F)C(F)(F)F)C(=O)N(C)c2ccccc21. The summed E-state index contributed by atoms with van der Waals surface area (Å²) in [5, 5.41) is 3.59. The first-order valence-corrected chi connectivity index (χ1v) is 9.72. The van der Waals surface area contributed by atoms with Crippen LogP contribution in [0.1, 0.15) is 31.7 Å². The lowest BCUT2D eigenvalue weighted by Crippen LogP contribution is -2.51. The first kappa shape index (κ1) is 26.0. The van der Waals surface area contributed by atoms with E-state index in [1.807, 2.05) is 0 Å². The number of Topliss-reactive ketones (excluding diaryl/α,β-unsaturated/α-hetero) is 1. The van der Waals surface area contributed by atoms with E-state index in [9.17, 15) is 41.1 Å². The summed E-state index contributed by atoms with van der Waals surface area (Å²) in [5.74, 6) is -7.72. The summed E-state index contributed by atoms with van der Waals surface area (Å²) in [6.07, 6.45) is -9.28. The molecule has 182 valence electrons. The number of hydrogen-bond acceptors (Lipinski definition) is 5. The summed E-state index contributed by atoms with van der Waals surface area (Å²) in [4.78, 5) is 50.3. The summed E-state index contributed by atoms with van der Waals surface area (Å²) >= 11 is 0. The molecule has 1 aromatic rings. The van der Waals surface area contributed by atoms with E-state index in [-0.39, 0.29) is 12.2 Å². The van der Waals surface area contributed by atoms with E-state index in [2.05, 4.69) is 10.1 Å². The number of anilines is 1. The number of benzene rings is 1. The van der Waals surface area contributed by atoms with Crippen molar-refractivity contribution in [3.63, 3.8) is 0 Å². The topological polar surface area (TPSA) is 105 Å². The lowest BCUT2D eigenvalue weighted by Gasteiger charge is -2.24. The van der Waals surface area contributed by atoms with Crippen LogP contribution in [-0.2, 0) is 19.1 Å². The lowest BCUT2D eigenvalue weighted by molar-refractivity contribution is -0.278. The maximum Gasteiger partial charge on any atom is 0.455 e. The molecule has 0 saturated heterocycles. The number of nitrogens with one attached hydrogen (secondary N) is 2. The standard InChI is InChI=1S/C20H22F5N3O5/c1-10(29)13-8-14(17(31)28(3)15-7-5-4-6-12(13)15)27-16(30)11(2)33-18(32)26-9-19(21,22)20(23,24)25/h4-7,11,13-14H,8-9H2,1-3H3,(H,26,32)(H,27,30)/t11-,13?,14-/m0/s1. The molecule has 1 unspecified atom stereocenters. The Hall–Kier alpha value is -3.25. The summed E-state index contributed by atoms with van der Waals surface area (Å²) in [5.41, 5.74) is 1.07. The minimum Gasteiger partial charge on any atom is -0.436 e. The van der Waals surface area contributed by atoms with Crippen molar-refractivity contribution < 1.29 is 45.9 Å². The summed E-state index contributed by atoms with van der Waals surface area (Å²) < 4.78 is 66.8. The summed E-state index contributed by atoms with van der Waals surface area (Å²) in [7, 11) is 1.46. The van der Waals surface area contributed by atoms with Gasteiger partial charge in [-0.3, -0.25) is 14.4 Å². The minimum atomic E-state index is -5.88. The quantitative estimate of drug-likeness (QED) is 0.611. The molecule has 3 amide bonds. The zero-order chi connectivity index (χ0) is 25.1. The van der Waals surface area contributed by atoms with Gasteiger partial charge < -0.3 is 20.3 Å². The molecule has 0 spiro atoms. The van der Waals surface area contributed by atoms with Gasteiger partial charge in [0.2, 0.25) is 5.91 Å². The van der Waals surface area contributed by atoms with Crippen molar-refractivity contribution in [1.29, 1.82) is 0 Å². The number of hydrogen-bond donors (Lipinski definition) is 2. The van der Waals surface area contributed by atoms with Gasteiger partial charge in [-0.2, -0.15) is 22.0 Å². The fraction of sp³-hybridized carbons (Fsp3) is 0.500. The number of ketones is 1. The number of carbonyl (C=O) groups is 4. The molecule has 8 nitrogen and oxygen atoms in total. The van der Waals surface area contributed by atoms with Gasteiger partial charge >= 0.3 is 18.2 Å². The van der Waals surface area contributed by atoms with Crippen molar-refractivity contribution in [2.24, 2.45) is 0 Å². The number of carbonyl (C=O) groups excluding carboxylic acids is 4. The predicted molar refractivity (Wildman–Crippen MR) is 105 cm³/mol. The summed E-state index contributed by atoms with van der Waals surface area (Å²) in [6.45, 7) is 0.302. The highest BCUT2D eigenvalue weighted by Gasteiger charge is 2.57. The average Bonchev–Trinajstić information content (AvgIpc) is 2.82. The van der Waals surface area contributed by atoms with Gasteiger partial charge in [0.05, 0.1) is 6.54 Å². The van der Waals surface area contributed by atoms with Crippen LogP contribution < -0.4 is 15.5 Å². The van der Waals surface area contributed by atoms with E-state index in [0.717, 1.165) is 6.92 Å². The molecule has 3 atom stereocenters. The Bertz CT molecular complexity index is 937. The van der Waals surface area contributed by atoms with Crippen LogP contribution in [0.2, 0.25) is 0 Å². The summed E-state index contributed by atoms with van der Waals surface area (Å²) in [6, 6.07) is 5.51. The largest absolute Gasteiger partial charge is 0.455 e. The van der Waals surface area contributed by atoms with E-state index in [1.54, 1.807) is 24.3 Å². The van der Waals surface area contributed by atoms with E-state index in [4.69, 9.17) is 0 Å². The van der Waals surface area contributed by atoms with Gasteiger partial charge in [-0.25, -0.2) is 4.79 Å². The number of likely N-dealkylation sites (N-methyl/N-ethyl adjacent to an activating group) is 1. The molecule has 33 heavy (non-hydrogen) atoms. The van der Waals surface area contributed by atoms with Crippen molar-refractivity contribution in [2.45, 2.75) is 50.4 Å². The molecule has 1 aliphatic rings. The maximum atomic E-state index is 12.9. The first-order valence-electron chi connectivity index (χ1n) is 9.72. The van der Waals surface area contributed by atoms with Gasteiger partial charge in [0.15, 0.2) is 6.10 Å². The second-order valence-corrected chi connectivity index (χ2v) is 7.52. The van der Waals surface area contributed by atoms with Crippen molar-refractivity contribution in [2.75, 3.05) is 18.5 Å². The minimum absolute atomic E-state index is 0.0853. The Morgan fingerprint density at radius 3 is 2.36 bits per heavy atom. The molecule has 1 aromatic carbocycles. The second-order valence-electron chi connectivity index (χ2n) is 7.52. The van der Waals surface area contributed by atoms with Gasteiger partial charge in [0, 0.05) is 18.7 Å². The van der Waals surface area contributed by atoms with Gasteiger partial charge in [-0.15, -0.1) is 0 Å². The average molecular weight is 479 g/mol. The monoisotopic (exact) mass is 479 g/mol. The Morgan fingerprint density at radius 1 is 1.18 bits per heavy atom. The number of para-hydroxylation sites is 1. The Balaban J connectivity index is 2.06. The molecule has 1 aliphatic heterocycles. The van der Waals surface area contributed by atoms with Crippen LogP contribution in [-0.4, -0.2) is 61.5 Å². The second kappa shape index (κ2) is 9.71. The molecule has 0 saturated carbocycles. The molecule has 2 N–H and O–H groups in total. The fourth-order valence-electron chi connectivity index (χ4n) is 3.24. The molecule has 13 heteroatoms. The third-order valence-electron chi connectivity index (χ3n) is 5.10. The van der Waals surface area contributed by atoms with Crippen molar-refractivity contribution in [3.05, 3.63) is 29.8 Å². The number of halogens is 5. The number of ether oxygens (including phenoxy) is 1. The van der Waals surface area contributed by atoms with Gasteiger partial charge in [-0.1, -0.05) is 18.2 Å².